The molecule has 54 heavy (non-hydrogen) atoms. The Kier molecular flexibility index (Phi) is 10.4. The number of benzene rings is 6. The summed E-state index contributed by atoms with van der Waals surface area (Å²) in [5.74, 6) is -0.0537. The number of rotatable bonds is 10. The van der Waals surface area contributed by atoms with Gasteiger partial charge in [-0.15, -0.1) is 0 Å². The topological polar surface area (TPSA) is 137 Å². The average molecular weight is 703 g/mol. The van der Waals surface area contributed by atoms with E-state index in [4.69, 9.17) is 10.5 Å². The van der Waals surface area contributed by atoms with E-state index in [9.17, 15) is 9.59 Å². The molecular formula is C46H34N6O2. The minimum absolute atomic E-state index is 0.0268. The van der Waals surface area contributed by atoms with Crippen molar-refractivity contribution in [2.24, 2.45) is 0 Å². The van der Waals surface area contributed by atoms with Crippen LogP contribution in [0.5, 0.6) is 0 Å². The van der Waals surface area contributed by atoms with Crippen LogP contribution in [-0.4, -0.2) is 21.5 Å². The van der Waals surface area contributed by atoms with Gasteiger partial charge in [0, 0.05) is 56.7 Å². The predicted molar refractivity (Wildman–Crippen MR) is 213 cm³/mol. The van der Waals surface area contributed by atoms with E-state index in [1.165, 1.54) is 0 Å². The highest BCUT2D eigenvalue weighted by Gasteiger charge is 2.26. The lowest BCUT2D eigenvalue weighted by atomic mass is 9.96. The summed E-state index contributed by atoms with van der Waals surface area (Å²) < 4.78 is 0. The molecule has 2 unspecified atom stereocenters. The number of ketones is 2. The fourth-order valence-corrected chi connectivity index (χ4v) is 6.44. The molecule has 2 atom stereocenters. The van der Waals surface area contributed by atoms with Crippen LogP contribution in [0.3, 0.4) is 0 Å². The van der Waals surface area contributed by atoms with Gasteiger partial charge < -0.3 is 20.6 Å². The van der Waals surface area contributed by atoms with Crippen molar-refractivity contribution in [3.63, 3.8) is 0 Å². The first kappa shape index (κ1) is 34.8. The number of carbonyl (C=O) groups is 2. The maximum absolute atomic E-state index is 13.4. The van der Waals surface area contributed by atoms with E-state index in [2.05, 4.69) is 32.7 Å². The summed E-state index contributed by atoms with van der Waals surface area (Å²) in [5, 5.41) is 26.7. The van der Waals surface area contributed by atoms with Gasteiger partial charge in [0.25, 0.3) is 0 Å². The highest BCUT2D eigenvalue weighted by Crippen LogP contribution is 2.29. The second-order valence-electron chi connectivity index (χ2n) is 12.6. The van der Waals surface area contributed by atoms with E-state index in [1.54, 1.807) is 48.8 Å². The van der Waals surface area contributed by atoms with Crippen molar-refractivity contribution in [3.8, 4) is 12.1 Å². The van der Waals surface area contributed by atoms with E-state index in [0.29, 0.717) is 22.3 Å². The number of nitrogens with one attached hydrogen (secondary N) is 4. The molecule has 0 aliphatic heterocycles. The van der Waals surface area contributed by atoms with Crippen LogP contribution < -0.4 is 10.6 Å². The van der Waals surface area contributed by atoms with Gasteiger partial charge in [-0.2, -0.15) is 10.5 Å². The Morgan fingerprint density at radius 1 is 0.481 bits per heavy atom. The largest absolute Gasteiger partial charge is 0.371 e. The van der Waals surface area contributed by atoms with Gasteiger partial charge >= 0.3 is 0 Å². The van der Waals surface area contributed by atoms with Crippen LogP contribution in [0, 0.1) is 22.7 Å². The lowest BCUT2D eigenvalue weighted by Gasteiger charge is -2.19. The number of aromatic nitrogens is 2. The van der Waals surface area contributed by atoms with Gasteiger partial charge in [-0.3, -0.25) is 9.59 Å². The average Bonchev–Trinajstić information content (AvgIpc) is 3.88. The van der Waals surface area contributed by atoms with Crippen molar-refractivity contribution in [3.05, 3.63) is 203 Å². The molecule has 0 fully saturated rings. The second kappa shape index (κ2) is 16.1. The number of nitriles is 2. The molecule has 0 saturated carbocycles. The van der Waals surface area contributed by atoms with Gasteiger partial charge in [0.1, 0.15) is 12.1 Å². The summed E-state index contributed by atoms with van der Waals surface area (Å²) >= 11 is 0. The van der Waals surface area contributed by atoms with E-state index < -0.39 is 12.1 Å². The number of fused-ring (bicyclic) bond motifs is 2. The molecule has 260 valence electrons. The monoisotopic (exact) mass is 702 g/mol. The first-order chi connectivity index (χ1) is 26.5. The third-order valence-electron chi connectivity index (χ3n) is 9.10. The summed E-state index contributed by atoms with van der Waals surface area (Å²) in [7, 11) is 0. The zero-order valence-electron chi connectivity index (χ0n) is 29.0. The Hall–Kier alpha value is -7.68. The molecule has 0 radical (unpaired) electrons. The number of carbonyl (C=O) groups excluding carboxylic acids is 2. The van der Waals surface area contributed by atoms with Crippen LogP contribution in [0.4, 0.5) is 11.4 Å². The van der Waals surface area contributed by atoms with Gasteiger partial charge in [-0.1, -0.05) is 109 Å². The quantitative estimate of drug-likeness (QED) is 0.105. The SMILES string of the molecule is N#Cc1cccc(NC(C(=O)c2c[nH]c3ccccc23)c2ccccc2)c1.N#Cc1cccc(NC(C(=O)c2c[nH]c3ccccc23)c2ccccc2)c1. The van der Waals surface area contributed by atoms with Crippen molar-refractivity contribution in [1.82, 2.24) is 9.97 Å². The van der Waals surface area contributed by atoms with Crippen molar-refractivity contribution < 1.29 is 9.59 Å². The number of H-pyrrole nitrogens is 2. The number of Topliss-reactive ketones (excluding diaryl/α,β-unsaturated/α-hetero) is 2. The molecule has 8 aromatic rings. The molecule has 0 aliphatic carbocycles. The molecule has 0 bridgehead atoms. The molecule has 0 spiro atoms. The third kappa shape index (κ3) is 7.64. The van der Waals surface area contributed by atoms with Crippen LogP contribution in [-0.2, 0) is 0 Å². The lowest BCUT2D eigenvalue weighted by Crippen LogP contribution is -2.21. The highest BCUT2D eigenvalue weighted by atomic mass is 16.1. The van der Waals surface area contributed by atoms with Crippen LogP contribution in [0.25, 0.3) is 21.8 Å². The molecule has 6 aromatic carbocycles. The van der Waals surface area contributed by atoms with Gasteiger partial charge in [0.05, 0.1) is 23.3 Å². The molecule has 2 aromatic heterocycles. The molecule has 8 rings (SSSR count). The fourth-order valence-electron chi connectivity index (χ4n) is 6.44. The van der Waals surface area contributed by atoms with E-state index in [-0.39, 0.29) is 11.6 Å². The van der Waals surface area contributed by atoms with Crippen molar-refractivity contribution in [1.29, 1.82) is 10.5 Å². The number of anilines is 2. The standard InChI is InChI=1S/2C23H17N3O/c2*24-14-16-7-6-10-18(13-16)26-22(17-8-2-1-3-9-17)23(27)20-15-25-21-12-5-4-11-19(20)21/h2*1-13,15,22,25-26H. The van der Waals surface area contributed by atoms with Gasteiger partial charge in [0.2, 0.25) is 0 Å². The highest BCUT2D eigenvalue weighted by molar-refractivity contribution is 6.12. The number of hydrogen-bond donors (Lipinski definition) is 4. The maximum Gasteiger partial charge on any atom is 0.191 e. The summed E-state index contributed by atoms with van der Waals surface area (Å²) in [6.07, 6.45) is 3.52. The van der Waals surface area contributed by atoms with E-state index >= 15 is 0 Å². The Morgan fingerprint density at radius 2 is 0.870 bits per heavy atom. The summed E-state index contributed by atoms with van der Waals surface area (Å²) in [4.78, 5) is 33.2. The second-order valence-corrected chi connectivity index (χ2v) is 12.6. The Morgan fingerprint density at radius 3 is 1.28 bits per heavy atom. The van der Waals surface area contributed by atoms with Crippen molar-refractivity contribution in [2.75, 3.05) is 10.6 Å². The Balaban J connectivity index is 0.000000167. The molecule has 8 heteroatoms. The van der Waals surface area contributed by atoms with Gasteiger partial charge in [-0.05, 0) is 59.7 Å². The predicted octanol–water partition coefficient (Wildman–Crippen LogP) is 10.2. The zero-order valence-corrected chi connectivity index (χ0v) is 29.0. The third-order valence-corrected chi connectivity index (χ3v) is 9.10. The number of para-hydroxylation sites is 2. The van der Waals surface area contributed by atoms with Gasteiger partial charge in [0.15, 0.2) is 11.6 Å². The summed E-state index contributed by atoms with van der Waals surface area (Å²) in [5.41, 5.74) is 7.44. The maximum atomic E-state index is 13.4. The minimum Gasteiger partial charge on any atom is -0.371 e. The van der Waals surface area contributed by atoms with Gasteiger partial charge in [-0.25, -0.2) is 0 Å². The minimum atomic E-state index is -0.556. The smallest absolute Gasteiger partial charge is 0.191 e. The Labute approximate surface area is 312 Å². The molecule has 2 heterocycles. The van der Waals surface area contributed by atoms with E-state index in [1.807, 2.05) is 121 Å². The molecule has 4 N–H and O–H groups in total. The van der Waals surface area contributed by atoms with Crippen LogP contribution in [0.1, 0.15) is 55.1 Å². The first-order valence-corrected chi connectivity index (χ1v) is 17.4. The lowest BCUT2D eigenvalue weighted by molar-refractivity contribution is 0.0963. The van der Waals surface area contributed by atoms with Crippen molar-refractivity contribution in [2.45, 2.75) is 12.1 Å². The summed E-state index contributed by atoms with van der Waals surface area (Å²) in [6.45, 7) is 0. The summed E-state index contributed by atoms with van der Waals surface area (Å²) in [6, 6.07) is 52.2. The van der Waals surface area contributed by atoms with Crippen LogP contribution >= 0.6 is 0 Å². The van der Waals surface area contributed by atoms with Crippen molar-refractivity contribution >= 4 is 44.7 Å². The van der Waals surface area contributed by atoms with E-state index in [0.717, 1.165) is 44.3 Å². The number of nitrogens with zero attached hydrogens (tertiary/aromatic N) is 2. The number of hydrogen-bond acceptors (Lipinski definition) is 6. The molecule has 0 saturated heterocycles. The Bertz CT molecular complexity index is 2460. The molecule has 8 nitrogen and oxygen atoms in total. The number of aromatic amines is 2. The molecular weight excluding hydrogens is 669 g/mol. The van der Waals surface area contributed by atoms with Crippen LogP contribution in [0.2, 0.25) is 0 Å². The normalized spacial score (nSPS) is 11.7. The fraction of sp³-hybridized carbons (Fsp3) is 0.0435. The molecule has 0 aliphatic rings. The first-order valence-electron chi connectivity index (χ1n) is 17.4. The zero-order chi connectivity index (χ0) is 37.3. The van der Waals surface area contributed by atoms with Crippen LogP contribution in [0.15, 0.2) is 170 Å². The molecule has 0 amide bonds.